The number of rotatable bonds is 1. The van der Waals surface area contributed by atoms with Crippen molar-refractivity contribution in [3.05, 3.63) is 0 Å². The summed E-state index contributed by atoms with van der Waals surface area (Å²) in [6.45, 7) is -0.278. The third-order valence-electron chi connectivity index (χ3n) is 0.175. The van der Waals surface area contributed by atoms with Gasteiger partial charge in [0, 0.05) is 0 Å². The van der Waals surface area contributed by atoms with Gasteiger partial charge in [-0.05, 0) is 0 Å². The number of hydrogen-bond acceptors (Lipinski definition) is 2. The molecule has 0 amide bonds. The van der Waals surface area contributed by atoms with E-state index in [1.165, 1.54) is 0 Å². The van der Waals surface area contributed by atoms with Gasteiger partial charge >= 0.3 is 35.5 Å². The van der Waals surface area contributed by atoms with Gasteiger partial charge in [-0.25, -0.2) is 0 Å². The molecule has 0 aromatic rings. The zero-order valence-electron chi connectivity index (χ0n) is 2.64. The van der Waals surface area contributed by atoms with Crippen LogP contribution in [0.15, 0.2) is 0 Å². The quantitative estimate of drug-likeness (QED) is 0.388. The van der Waals surface area contributed by atoms with Crippen molar-refractivity contribution in [2.45, 2.75) is 0 Å². The van der Waals surface area contributed by atoms with E-state index in [0.717, 1.165) is 0 Å². The van der Waals surface area contributed by atoms with E-state index in [2.05, 4.69) is 5.73 Å². The molecule has 0 heterocycles. The van der Waals surface area contributed by atoms with Crippen molar-refractivity contribution in [2.24, 2.45) is 5.73 Å². The molecule has 0 aromatic heterocycles. The van der Waals surface area contributed by atoms with Crippen molar-refractivity contribution < 1.29 is 9.90 Å². The summed E-state index contributed by atoms with van der Waals surface area (Å²) in [4.78, 5) is 9.24. The Labute approximate surface area is 57.8 Å². The van der Waals surface area contributed by atoms with E-state index in [4.69, 9.17) is 5.11 Å². The number of carboxylic acids is 1. The van der Waals surface area contributed by atoms with Crippen LogP contribution in [0.3, 0.4) is 0 Å². The predicted octanol–water partition coefficient (Wildman–Crippen LogP) is -1.62. The summed E-state index contributed by atoms with van der Waals surface area (Å²) in [5.74, 6) is -0.968. The molecule has 0 bridgehead atoms. The van der Waals surface area contributed by atoms with Gasteiger partial charge in [-0.3, -0.25) is 4.79 Å². The van der Waals surface area contributed by atoms with Gasteiger partial charge in [-0.15, -0.1) is 0 Å². The van der Waals surface area contributed by atoms with Crippen LogP contribution in [0.25, 0.3) is 0 Å². The normalized spacial score (nSPS) is 6.17. The van der Waals surface area contributed by atoms with E-state index in [0.29, 0.717) is 0 Å². The molecular formula is C2H6NNaO2. The Morgan fingerprint density at radius 1 is 1.83 bits per heavy atom. The van der Waals surface area contributed by atoms with E-state index >= 15 is 0 Å². The summed E-state index contributed by atoms with van der Waals surface area (Å²) in [7, 11) is 0. The Morgan fingerprint density at radius 2 is 2.00 bits per heavy atom. The summed E-state index contributed by atoms with van der Waals surface area (Å²) < 4.78 is 0. The van der Waals surface area contributed by atoms with E-state index in [-0.39, 0.29) is 36.1 Å². The van der Waals surface area contributed by atoms with E-state index in [1.54, 1.807) is 0 Å². The molecule has 0 saturated carbocycles. The van der Waals surface area contributed by atoms with E-state index in [1.807, 2.05) is 0 Å². The van der Waals surface area contributed by atoms with Gasteiger partial charge in [0.2, 0.25) is 0 Å². The van der Waals surface area contributed by atoms with E-state index < -0.39 is 5.97 Å². The fraction of sp³-hybridized carbons (Fsp3) is 0.500. The fourth-order valence-corrected chi connectivity index (χ4v) is 0. The van der Waals surface area contributed by atoms with Gasteiger partial charge in [0.15, 0.2) is 0 Å². The second-order valence-electron chi connectivity index (χ2n) is 0.598. The standard InChI is InChI=1S/C2H5NO2.Na.H/c3-1-2(4)5;;/h1,3H2,(H,4,5);;. The van der Waals surface area contributed by atoms with Crippen molar-refractivity contribution in [2.75, 3.05) is 6.54 Å². The van der Waals surface area contributed by atoms with E-state index in [9.17, 15) is 4.79 Å². The monoisotopic (exact) mass is 99.0 g/mol. The molecule has 0 aliphatic heterocycles. The molecule has 3 N–H and O–H groups in total. The molecular weight excluding hydrogens is 93.0 g/mol. The van der Waals surface area contributed by atoms with Crippen LogP contribution >= 0.6 is 0 Å². The van der Waals surface area contributed by atoms with Crippen LogP contribution in [-0.4, -0.2) is 47.2 Å². The Bertz CT molecular complexity index is 46.8. The molecule has 0 saturated heterocycles. The molecule has 0 aliphatic carbocycles. The van der Waals surface area contributed by atoms with Gasteiger partial charge in [-0.2, -0.15) is 0 Å². The summed E-state index contributed by atoms with van der Waals surface area (Å²) in [6, 6.07) is 0. The Kier molecular flexibility index (Phi) is 8.74. The molecule has 0 spiro atoms. The fourth-order valence-electron chi connectivity index (χ4n) is 0. The van der Waals surface area contributed by atoms with Crippen LogP contribution in [0.4, 0.5) is 0 Å². The Balaban J connectivity index is 0. The zero-order valence-corrected chi connectivity index (χ0v) is 2.64. The van der Waals surface area contributed by atoms with Crippen LogP contribution in [0.2, 0.25) is 0 Å². The summed E-state index contributed by atoms with van der Waals surface area (Å²) in [5, 5.41) is 7.60. The molecule has 0 aliphatic rings. The van der Waals surface area contributed by atoms with Crippen molar-refractivity contribution in [3.63, 3.8) is 0 Å². The zero-order chi connectivity index (χ0) is 4.28. The second kappa shape index (κ2) is 5.43. The van der Waals surface area contributed by atoms with Gasteiger partial charge in [0.1, 0.15) is 0 Å². The van der Waals surface area contributed by atoms with Crippen LogP contribution in [-0.2, 0) is 4.79 Å². The molecule has 6 heavy (non-hydrogen) atoms. The molecule has 0 rings (SSSR count). The minimum atomic E-state index is -0.968. The Hall–Kier alpha value is 0.430. The number of aliphatic carboxylic acids is 1. The first-order chi connectivity index (χ1) is 2.27. The van der Waals surface area contributed by atoms with Crippen molar-refractivity contribution in [1.29, 1.82) is 0 Å². The molecule has 4 heteroatoms. The average molecular weight is 99.1 g/mol. The molecule has 0 atom stereocenters. The van der Waals surface area contributed by atoms with Crippen molar-refractivity contribution in [1.82, 2.24) is 0 Å². The van der Waals surface area contributed by atoms with Crippen LogP contribution in [0, 0.1) is 0 Å². The SMILES string of the molecule is NCC(=O)O.[NaH]. The van der Waals surface area contributed by atoms with Gasteiger partial charge in [-0.1, -0.05) is 0 Å². The Morgan fingerprint density at radius 3 is 2.00 bits per heavy atom. The predicted molar refractivity (Wildman–Crippen MR) is 23.8 cm³/mol. The maximum atomic E-state index is 9.24. The number of carboxylic acid groups (broad SMARTS) is 1. The summed E-state index contributed by atoms with van der Waals surface area (Å²) in [6.07, 6.45) is 0. The number of hydrogen-bond donors (Lipinski definition) is 2. The minimum absolute atomic E-state index is 0. The van der Waals surface area contributed by atoms with Crippen LogP contribution < -0.4 is 5.73 Å². The molecule has 0 unspecified atom stereocenters. The molecule has 32 valence electrons. The van der Waals surface area contributed by atoms with Gasteiger partial charge < -0.3 is 10.8 Å². The van der Waals surface area contributed by atoms with Crippen LogP contribution in [0.5, 0.6) is 0 Å². The third-order valence-corrected chi connectivity index (χ3v) is 0.175. The van der Waals surface area contributed by atoms with Crippen molar-refractivity contribution >= 4 is 35.5 Å². The number of carbonyl (C=O) groups is 1. The molecule has 0 aromatic carbocycles. The van der Waals surface area contributed by atoms with Crippen LogP contribution in [0.1, 0.15) is 0 Å². The first-order valence-electron chi connectivity index (χ1n) is 1.19. The second-order valence-corrected chi connectivity index (χ2v) is 0.598. The summed E-state index contributed by atoms with van der Waals surface area (Å²) >= 11 is 0. The number of nitrogens with two attached hydrogens (primary N) is 1. The van der Waals surface area contributed by atoms with Crippen molar-refractivity contribution in [3.8, 4) is 0 Å². The maximum absolute atomic E-state index is 9.24. The topological polar surface area (TPSA) is 63.3 Å². The summed E-state index contributed by atoms with van der Waals surface area (Å²) in [5.41, 5.74) is 4.57. The first kappa shape index (κ1) is 9.66. The molecule has 0 fully saturated rings. The van der Waals surface area contributed by atoms with Gasteiger partial charge in [0.05, 0.1) is 6.54 Å². The first-order valence-corrected chi connectivity index (χ1v) is 1.19. The van der Waals surface area contributed by atoms with Gasteiger partial charge in [0.25, 0.3) is 0 Å². The third kappa shape index (κ3) is 8.83. The molecule has 0 radical (unpaired) electrons. The molecule has 3 nitrogen and oxygen atoms in total. The average Bonchev–Trinajstić information content (AvgIpc) is 1.38.